The Hall–Kier alpha value is -0.990. The van der Waals surface area contributed by atoms with Gasteiger partial charge in [-0.3, -0.25) is 0 Å². The van der Waals surface area contributed by atoms with E-state index in [9.17, 15) is 4.39 Å². The highest BCUT2D eigenvalue weighted by molar-refractivity contribution is 7.99. The van der Waals surface area contributed by atoms with Crippen LogP contribution in [0.15, 0.2) is 52.3 Å². The lowest BCUT2D eigenvalue weighted by Crippen LogP contribution is -1.85. The molecule has 0 unspecified atom stereocenters. The first-order chi connectivity index (χ1) is 8.19. The molecule has 0 aliphatic carbocycles. The van der Waals surface area contributed by atoms with Crippen molar-refractivity contribution in [3.63, 3.8) is 0 Å². The second-order valence-electron chi connectivity index (χ2n) is 3.80. The summed E-state index contributed by atoms with van der Waals surface area (Å²) >= 11 is 7.53. The number of benzene rings is 2. The summed E-state index contributed by atoms with van der Waals surface area (Å²) in [6, 6.07) is 12.7. The maximum Gasteiger partial charge on any atom is 0.123 e. The van der Waals surface area contributed by atoms with E-state index < -0.39 is 0 Å². The van der Waals surface area contributed by atoms with Crippen molar-refractivity contribution in [2.24, 2.45) is 0 Å². The van der Waals surface area contributed by atoms with Gasteiger partial charge in [-0.25, -0.2) is 4.39 Å². The van der Waals surface area contributed by atoms with Gasteiger partial charge in [-0.2, -0.15) is 0 Å². The van der Waals surface area contributed by atoms with E-state index in [0.717, 1.165) is 15.4 Å². The quantitative estimate of drug-likeness (QED) is 0.703. The maximum absolute atomic E-state index is 12.8. The van der Waals surface area contributed by atoms with Crippen LogP contribution in [-0.2, 0) is 5.88 Å². The van der Waals surface area contributed by atoms with Gasteiger partial charge in [-0.1, -0.05) is 29.5 Å². The van der Waals surface area contributed by atoms with Gasteiger partial charge in [0.2, 0.25) is 0 Å². The van der Waals surface area contributed by atoms with Crippen LogP contribution in [0.2, 0.25) is 0 Å². The molecule has 0 saturated heterocycles. The molecule has 0 radical (unpaired) electrons. The Labute approximate surface area is 110 Å². The number of hydrogen-bond acceptors (Lipinski definition) is 1. The van der Waals surface area contributed by atoms with Crippen LogP contribution in [0.3, 0.4) is 0 Å². The topological polar surface area (TPSA) is 0 Å². The number of hydrogen-bond donors (Lipinski definition) is 0. The monoisotopic (exact) mass is 266 g/mol. The molecule has 0 aromatic heterocycles. The molecule has 0 amide bonds. The van der Waals surface area contributed by atoms with Crippen LogP contribution < -0.4 is 0 Å². The molecule has 2 rings (SSSR count). The summed E-state index contributed by atoms with van der Waals surface area (Å²) in [5.74, 6) is 0.279. The lowest BCUT2D eigenvalue weighted by molar-refractivity contribution is 0.626. The minimum absolute atomic E-state index is 0.212. The van der Waals surface area contributed by atoms with Crippen molar-refractivity contribution in [1.82, 2.24) is 0 Å². The van der Waals surface area contributed by atoms with Crippen LogP contribution in [0.1, 0.15) is 11.1 Å². The average molecular weight is 267 g/mol. The molecule has 0 bridgehead atoms. The van der Waals surface area contributed by atoms with Gasteiger partial charge in [0.25, 0.3) is 0 Å². The second-order valence-corrected chi connectivity index (χ2v) is 5.18. The van der Waals surface area contributed by atoms with Crippen LogP contribution >= 0.6 is 23.4 Å². The Kier molecular flexibility index (Phi) is 4.08. The molecular weight excluding hydrogens is 255 g/mol. The van der Waals surface area contributed by atoms with Gasteiger partial charge in [0, 0.05) is 15.7 Å². The van der Waals surface area contributed by atoms with Crippen molar-refractivity contribution in [2.75, 3.05) is 0 Å². The highest BCUT2D eigenvalue weighted by atomic mass is 35.5. The molecule has 2 aromatic rings. The summed E-state index contributed by atoms with van der Waals surface area (Å²) < 4.78 is 12.8. The Bertz CT molecular complexity index is 508. The molecule has 88 valence electrons. The summed E-state index contributed by atoms with van der Waals surface area (Å²) in [6.45, 7) is 2.04. The van der Waals surface area contributed by atoms with Gasteiger partial charge in [-0.05, 0) is 42.8 Å². The van der Waals surface area contributed by atoms with Crippen molar-refractivity contribution in [2.45, 2.75) is 22.6 Å². The third kappa shape index (κ3) is 3.24. The first-order valence-electron chi connectivity index (χ1n) is 5.28. The van der Waals surface area contributed by atoms with Crippen LogP contribution in [0.25, 0.3) is 0 Å². The van der Waals surface area contributed by atoms with Crippen LogP contribution in [0, 0.1) is 12.7 Å². The number of alkyl halides is 1. The summed E-state index contributed by atoms with van der Waals surface area (Å²) in [6.07, 6.45) is 0. The zero-order valence-electron chi connectivity index (χ0n) is 9.41. The largest absolute Gasteiger partial charge is 0.207 e. The first kappa shape index (κ1) is 12.5. The molecule has 0 spiro atoms. The van der Waals surface area contributed by atoms with Crippen LogP contribution in [-0.4, -0.2) is 0 Å². The van der Waals surface area contributed by atoms with Gasteiger partial charge in [0.15, 0.2) is 0 Å². The van der Waals surface area contributed by atoms with Gasteiger partial charge >= 0.3 is 0 Å². The fraction of sp³-hybridized carbons (Fsp3) is 0.143. The molecule has 0 aliphatic rings. The molecule has 2 aromatic carbocycles. The fourth-order valence-corrected chi connectivity index (χ4v) is 2.77. The van der Waals surface area contributed by atoms with E-state index in [1.807, 2.05) is 6.92 Å². The average Bonchev–Trinajstić information content (AvgIpc) is 2.34. The van der Waals surface area contributed by atoms with Crippen molar-refractivity contribution < 1.29 is 4.39 Å². The standard InChI is InChI=1S/C14H12ClFS/c1-10-2-7-14(11(8-10)9-15)17-13-5-3-12(16)4-6-13/h2-8H,9H2,1H3. The number of halogens is 2. The normalized spacial score (nSPS) is 10.5. The first-order valence-corrected chi connectivity index (χ1v) is 6.63. The Morgan fingerprint density at radius 2 is 1.82 bits per heavy atom. The molecule has 3 heteroatoms. The third-order valence-electron chi connectivity index (χ3n) is 2.40. The zero-order valence-corrected chi connectivity index (χ0v) is 11.0. The van der Waals surface area contributed by atoms with Gasteiger partial charge in [0.1, 0.15) is 5.82 Å². The fourth-order valence-electron chi connectivity index (χ4n) is 1.54. The van der Waals surface area contributed by atoms with E-state index in [1.165, 1.54) is 17.7 Å². The lowest BCUT2D eigenvalue weighted by atomic mass is 10.2. The summed E-state index contributed by atoms with van der Waals surface area (Å²) in [5, 5.41) is 0. The Morgan fingerprint density at radius 1 is 1.12 bits per heavy atom. The molecule has 0 N–H and O–H groups in total. The predicted octanol–water partition coefficient (Wildman–Crippen LogP) is 5.02. The number of aryl methyl sites for hydroxylation is 1. The number of rotatable bonds is 3. The molecule has 0 heterocycles. The van der Waals surface area contributed by atoms with E-state index in [1.54, 1.807) is 23.9 Å². The van der Waals surface area contributed by atoms with Crippen LogP contribution in [0.4, 0.5) is 4.39 Å². The molecule has 0 saturated carbocycles. The van der Waals surface area contributed by atoms with E-state index in [0.29, 0.717) is 5.88 Å². The predicted molar refractivity (Wildman–Crippen MR) is 71.3 cm³/mol. The van der Waals surface area contributed by atoms with E-state index in [4.69, 9.17) is 11.6 Å². The van der Waals surface area contributed by atoms with Gasteiger partial charge < -0.3 is 0 Å². The summed E-state index contributed by atoms with van der Waals surface area (Å²) in [4.78, 5) is 2.14. The van der Waals surface area contributed by atoms with Gasteiger partial charge in [-0.15, -0.1) is 11.6 Å². The molecular formula is C14H12ClFS. The van der Waals surface area contributed by atoms with E-state index in [2.05, 4.69) is 18.2 Å². The van der Waals surface area contributed by atoms with Crippen molar-refractivity contribution >= 4 is 23.4 Å². The zero-order chi connectivity index (χ0) is 12.3. The lowest BCUT2D eigenvalue weighted by Gasteiger charge is -2.07. The summed E-state index contributed by atoms with van der Waals surface area (Å²) in [7, 11) is 0. The Balaban J connectivity index is 2.26. The third-order valence-corrected chi connectivity index (χ3v) is 3.82. The van der Waals surface area contributed by atoms with Crippen molar-refractivity contribution in [3.05, 3.63) is 59.4 Å². The maximum atomic E-state index is 12.8. The second kappa shape index (κ2) is 5.56. The van der Waals surface area contributed by atoms with Crippen molar-refractivity contribution in [1.29, 1.82) is 0 Å². The van der Waals surface area contributed by atoms with Crippen molar-refractivity contribution in [3.8, 4) is 0 Å². The van der Waals surface area contributed by atoms with Gasteiger partial charge in [0.05, 0.1) is 0 Å². The highest BCUT2D eigenvalue weighted by Gasteiger charge is 2.04. The summed E-state index contributed by atoms with van der Waals surface area (Å²) in [5.41, 5.74) is 2.31. The molecule has 17 heavy (non-hydrogen) atoms. The molecule has 0 aliphatic heterocycles. The molecule has 0 nitrogen and oxygen atoms in total. The highest BCUT2D eigenvalue weighted by Crippen LogP contribution is 2.31. The smallest absolute Gasteiger partial charge is 0.123 e. The SMILES string of the molecule is Cc1ccc(Sc2ccc(F)cc2)c(CCl)c1. The van der Waals surface area contributed by atoms with E-state index >= 15 is 0 Å². The van der Waals surface area contributed by atoms with E-state index in [-0.39, 0.29) is 5.82 Å². The Morgan fingerprint density at radius 3 is 2.47 bits per heavy atom. The minimum Gasteiger partial charge on any atom is -0.207 e. The minimum atomic E-state index is -0.212. The molecule has 0 atom stereocenters. The van der Waals surface area contributed by atoms with Crippen LogP contribution in [0.5, 0.6) is 0 Å². The molecule has 0 fully saturated rings.